The highest BCUT2D eigenvalue weighted by Gasteiger charge is 2.41. The number of carbonyl (C=O) groups is 3. The fraction of sp³-hybridized carbons (Fsp3) is 0.656. The lowest BCUT2D eigenvalue weighted by Gasteiger charge is -2.41. The molecule has 2 fully saturated rings. The van der Waals surface area contributed by atoms with Gasteiger partial charge in [0.15, 0.2) is 0 Å². The first kappa shape index (κ1) is 30.3. The first-order valence-corrected chi connectivity index (χ1v) is 15.3. The number of piperidine rings is 1. The maximum atomic E-state index is 13.9. The molecule has 4 atom stereocenters. The third-order valence-corrected chi connectivity index (χ3v) is 9.46. The molecule has 1 heterocycles. The van der Waals surface area contributed by atoms with Gasteiger partial charge in [-0.25, -0.2) is 0 Å². The van der Waals surface area contributed by atoms with Gasteiger partial charge in [-0.2, -0.15) is 0 Å². The normalized spacial score (nSPS) is 21.4. The molecule has 1 saturated carbocycles. The highest BCUT2D eigenvalue weighted by Crippen LogP contribution is 2.43. The number of fused-ring (bicyclic) bond motifs is 2. The molecule has 8 nitrogen and oxygen atoms in total. The van der Waals surface area contributed by atoms with Crippen LogP contribution in [-0.2, 0) is 19.8 Å². The summed E-state index contributed by atoms with van der Waals surface area (Å²) in [5.41, 5.74) is 8.07. The average Bonchev–Trinajstić information content (AvgIpc) is 3.33. The lowest BCUT2D eigenvalue weighted by molar-refractivity contribution is -0.140. The van der Waals surface area contributed by atoms with Crippen molar-refractivity contribution in [3.05, 3.63) is 41.5 Å². The topological polar surface area (TPSA) is 125 Å². The number of rotatable bonds is 11. The molecule has 220 valence electrons. The van der Waals surface area contributed by atoms with Gasteiger partial charge in [-0.1, -0.05) is 88.8 Å². The van der Waals surface area contributed by atoms with E-state index in [-0.39, 0.29) is 36.1 Å². The minimum Gasteiger partial charge on any atom is -0.391 e. The predicted octanol–water partition coefficient (Wildman–Crippen LogP) is 3.27. The van der Waals surface area contributed by atoms with Gasteiger partial charge < -0.3 is 26.4 Å². The minimum absolute atomic E-state index is 0.0179. The van der Waals surface area contributed by atoms with E-state index < -0.39 is 24.1 Å². The van der Waals surface area contributed by atoms with Crippen molar-refractivity contribution in [2.75, 3.05) is 19.6 Å². The Kier molecular flexibility index (Phi) is 10.4. The second-order valence-corrected chi connectivity index (χ2v) is 12.2. The van der Waals surface area contributed by atoms with E-state index in [2.05, 4.69) is 47.1 Å². The summed E-state index contributed by atoms with van der Waals surface area (Å²) in [6, 6.07) is 7.08. The van der Waals surface area contributed by atoms with Gasteiger partial charge in [0, 0.05) is 25.0 Å². The van der Waals surface area contributed by atoms with Crippen molar-refractivity contribution in [1.82, 2.24) is 15.5 Å². The van der Waals surface area contributed by atoms with Crippen LogP contribution in [0.2, 0.25) is 0 Å². The summed E-state index contributed by atoms with van der Waals surface area (Å²) >= 11 is 0. The van der Waals surface area contributed by atoms with Crippen molar-refractivity contribution < 1.29 is 19.5 Å². The van der Waals surface area contributed by atoms with Gasteiger partial charge in [-0.05, 0) is 42.2 Å². The van der Waals surface area contributed by atoms with Crippen molar-refractivity contribution in [2.24, 2.45) is 17.6 Å². The Labute approximate surface area is 239 Å². The molecule has 1 spiro atoms. The van der Waals surface area contributed by atoms with E-state index in [4.69, 9.17) is 5.73 Å². The molecule has 5 N–H and O–H groups in total. The van der Waals surface area contributed by atoms with Crippen molar-refractivity contribution in [1.29, 1.82) is 0 Å². The molecule has 0 aromatic heterocycles. The van der Waals surface area contributed by atoms with Gasteiger partial charge >= 0.3 is 0 Å². The van der Waals surface area contributed by atoms with Crippen LogP contribution in [0.3, 0.4) is 0 Å². The lowest BCUT2D eigenvalue weighted by atomic mass is 9.74. The number of aliphatic hydroxyl groups excluding tert-OH is 1. The molecule has 1 unspecified atom stereocenters. The van der Waals surface area contributed by atoms with E-state index in [1.54, 1.807) is 0 Å². The molecular weight excluding hydrogens is 504 g/mol. The smallest absolute Gasteiger partial charge is 0.245 e. The molecule has 4 rings (SSSR count). The number of nitrogens with zero attached hydrogens (tertiary/aromatic N) is 1. The van der Waals surface area contributed by atoms with E-state index in [1.807, 2.05) is 18.7 Å². The largest absolute Gasteiger partial charge is 0.391 e. The van der Waals surface area contributed by atoms with Crippen LogP contribution in [-0.4, -0.2) is 65.5 Å². The van der Waals surface area contributed by atoms with Crippen LogP contribution in [0.1, 0.15) is 89.2 Å². The monoisotopic (exact) mass is 552 g/mol. The first-order chi connectivity index (χ1) is 19.3. The van der Waals surface area contributed by atoms with Crippen LogP contribution in [0.15, 0.2) is 30.3 Å². The molecule has 1 saturated heterocycles. The molecule has 1 aromatic rings. The molecule has 2 aliphatic carbocycles. The Balaban J connectivity index is 1.43. The number of nitrogens with two attached hydrogens (primary N) is 1. The summed E-state index contributed by atoms with van der Waals surface area (Å²) in [7, 11) is 0. The molecule has 3 aliphatic rings. The van der Waals surface area contributed by atoms with Gasteiger partial charge in [0.1, 0.15) is 12.1 Å². The zero-order chi connectivity index (χ0) is 28.7. The number of likely N-dealkylation sites (tertiary alicyclic amines) is 1. The Hall–Kier alpha value is -2.71. The van der Waals surface area contributed by atoms with E-state index in [0.717, 1.165) is 44.9 Å². The van der Waals surface area contributed by atoms with Gasteiger partial charge in [-0.15, -0.1) is 0 Å². The molecule has 1 aliphatic heterocycles. The zero-order valence-corrected chi connectivity index (χ0v) is 24.2. The molecular formula is C32H48N4O4. The zero-order valence-electron chi connectivity index (χ0n) is 24.2. The minimum atomic E-state index is -0.947. The van der Waals surface area contributed by atoms with E-state index in [9.17, 15) is 19.5 Å². The van der Waals surface area contributed by atoms with Gasteiger partial charge in [0.05, 0.1) is 12.5 Å². The number of hydrogen-bond donors (Lipinski definition) is 4. The number of amides is 3. The summed E-state index contributed by atoms with van der Waals surface area (Å²) < 4.78 is 0. The number of aliphatic hydroxyl groups is 1. The van der Waals surface area contributed by atoms with Crippen LogP contribution in [0.4, 0.5) is 0 Å². The molecule has 0 bridgehead atoms. The maximum Gasteiger partial charge on any atom is 0.245 e. The predicted molar refractivity (Wildman–Crippen MR) is 157 cm³/mol. The van der Waals surface area contributed by atoms with Crippen molar-refractivity contribution in [3.63, 3.8) is 0 Å². The van der Waals surface area contributed by atoms with E-state index in [1.165, 1.54) is 17.5 Å². The Morgan fingerprint density at radius 3 is 2.48 bits per heavy atom. The summed E-state index contributed by atoms with van der Waals surface area (Å²) in [5, 5.41) is 15.8. The third kappa shape index (κ3) is 7.13. The summed E-state index contributed by atoms with van der Waals surface area (Å²) in [5.74, 6) is -0.464. The maximum absolute atomic E-state index is 13.9. The standard InChI is InChI=1S/C32H48N4O4/c1-3-22(2)29(31(40)36-17-15-32(16-18-36)14-13-24-11-7-8-12-26(24)32)35-30(39)27(19-23-9-5-4-6-10-23)34-28(38)20-25(37)21-33/h7-8,11-14,22-23,25,27,29,37H,3-6,9-10,15-21,33H2,1-2H3,(H,34,38)(H,35,39)/t22-,25?,27-,29-/m0/s1. The van der Waals surface area contributed by atoms with Crippen LogP contribution in [0.5, 0.6) is 0 Å². The fourth-order valence-electron chi connectivity index (χ4n) is 6.67. The molecule has 8 heteroatoms. The molecule has 3 amide bonds. The number of nitrogens with one attached hydrogen (secondary N) is 2. The van der Waals surface area contributed by atoms with Crippen molar-refractivity contribution in [2.45, 2.75) is 102 Å². The molecule has 1 aromatic carbocycles. The SMILES string of the molecule is CC[C@H](C)[C@H](NC(=O)[C@H](CC1CCCCC1)NC(=O)CC(O)CN)C(=O)N1CCC2(C=Cc3ccccc32)CC1. The van der Waals surface area contributed by atoms with Crippen LogP contribution in [0.25, 0.3) is 6.08 Å². The Morgan fingerprint density at radius 2 is 1.80 bits per heavy atom. The fourth-order valence-corrected chi connectivity index (χ4v) is 6.67. The average molecular weight is 553 g/mol. The van der Waals surface area contributed by atoms with E-state index in [0.29, 0.717) is 25.4 Å². The summed E-state index contributed by atoms with van der Waals surface area (Å²) in [6.45, 7) is 5.28. The van der Waals surface area contributed by atoms with Crippen LogP contribution < -0.4 is 16.4 Å². The summed E-state index contributed by atoms with van der Waals surface area (Å²) in [4.78, 5) is 42.1. The number of hydrogen-bond acceptors (Lipinski definition) is 5. The third-order valence-electron chi connectivity index (χ3n) is 9.46. The molecule has 0 radical (unpaired) electrons. The highest BCUT2D eigenvalue weighted by atomic mass is 16.3. The second-order valence-electron chi connectivity index (χ2n) is 12.2. The molecule has 40 heavy (non-hydrogen) atoms. The number of carbonyl (C=O) groups excluding carboxylic acids is 3. The van der Waals surface area contributed by atoms with Crippen LogP contribution >= 0.6 is 0 Å². The highest BCUT2D eigenvalue weighted by molar-refractivity contribution is 5.92. The van der Waals surface area contributed by atoms with Gasteiger partial charge in [-0.3, -0.25) is 14.4 Å². The quantitative estimate of drug-likeness (QED) is 0.335. The summed E-state index contributed by atoms with van der Waals surface area (Å²) in [6.07, 6.45) is 11.9. The van der Waals surface area contributed by atoms with Crippen molar-refractivity contribution >= 4 is 23.8 Å². The van der Waals surface area contributed by atoms with Crippen LogP contribution in [0, 0.1) is 11.8 Å². The Morgan fingerprint density at radius 1 is 1.10 bits per heavy atom. The van der Waals surface area contributed by atoms with Gasteiger partial charge in [0.2, 0.25) is 17.7 Å². The number of allylic oxidation sites excluding steroid dienone is 1. The second kappa shape index (κ2) is 13.8. The van der Waals surface area contributed by atoms with Crippen molar-refractivity contribution in [3.8, 4) is 0 Å². The van der Waals surface area contributed by atoms with E-state index >= 15 is 0 Å². The first-order valence-electron chi connectivity index (χ1n) is 15.3. The number of benzene rings is 1. The van der Waals surface area contributed by atoms with Gasteiger partial charge in [0.25, 0.3) is 0 Å². The lowest BCUT2D eigenvalue weighted by Crippen LogP contribution is -2.58. The Bertz CT molecular complexity index is 1060.